The Labute approximate surface area is 152 Å². The standard InChI is InChI=1S/C19H24N6O/c20-16-15(10-25(24-16)18-21-2-1-3-22-18)17(26)23-11-19-7-12-4-13(8-19)6-14(5-12)9-19/h1-3,10,12-14H,4-9,11H2,(H2,20,24)(H,23,26). The van der Waals surface area contributed by atoms with Crippen molar-refractivity contribution in [3.05, 3.63) is 30.2 Å². The second-order valence-corrected chi connectivity index (χ2v) is 8.52. The van der Waals surface area contributed by atoms with Crippen molar-refractivity contribution in [3.63, 3.8) is 0 Å². The Morgan fingerprint density at radius 2 is 1.77 bits per heavy atom. The molecule has 0 aliphatic heterocycles. The Hall–Kier alpha value is -2.44. The van der Waals surface area contributed by atoms with Crippen molar-refractivity contribution in [2.24, 2.45) is 23.2 Å². The molecule has 4 saturated carbocycles. The van der Waals surface area contributed by atoms with Crippen LogP contribution in [0.3, 0.4) is 0 Å². The molecule has 0 aromatic carbocycles. The third-order valence-electron chi connectivity index (χ3n) is 6.53. The molecule has 4 fully saturated rings. The van der Waals surface area contributed by atoms with E-state index in [9.17, 15) is 4.79 Å². The number of nitrogens with zero attached hydrogens (tertiary/aromatic N) is 4. The van der Waals surface area contributed by atoms with Gasteiger partial charge in [-0.3, -0.25) is 4.79 Å². The number of aromatic nitrogens is 4. The summed E-state index contributed by atoms with van der Waals surface area (Å²) in [4.78, 5) is 21.0. The van der Waals surface area contributed by atoms with Crippen LogP contribution in [0.25, 0.3) is 5.95 Å². The lowest BCUT2D eigenvalue weighted by molar-refractivity contribution is -0.0503. The smallest absolute Gasteiger partial charge is 0.256 e. The molecule has 6 rings (SSSR count). The number of nitrogens with two attached hydrogens (primary N) is 1. The van der Waals surface area contributed by atoms with E-state index in [0.717, 1.165) is 24.3 Å². The predicted octanol–water partition coefficient (Wildman–Crippen LogP) is 2.19. The first-order chi connectivity index (χ1) is 12.6. The van der Waals surface area contributed by atoms with Gasteiger partial charge in [-0.05, 0) is 67.8 Å². The summed E-state index contributed by atoms with van der Waals surface area (Å²) >= 11 is 0. The molecular weight excluding hydrogens is 328 g/mol. The third kappa shape index (κ3) is 2.66. The van der Waals surface area contributed by atoms with Crippen LogP contribution in [0.2, 0.25) is 0 Å². The van der Waals surface area contributed by atoms with Crippen LogP contribution in [-0.4, -0.2) is 32.2 Å². The molecule has 136 valence electrons. The molecule has 0 saturated heterocycles. The lowest BCUT2D eigenvalue weighted by Gasteiger charge is -2.56. The van der Waals surface area contributed by atoms with Crippen molar-refractivity contribution in [1.82, 2.24) is 25.1 Å². The van der Waals surface area contributed by atoms with Crippen molar-refractivity contribution in [2.45, 2.75) is 38.5 Å². The molecule has 7 nitrogen and oxygen atoms in total. The van der Waals surface area contributed by atoms with Crippen LogP contribution >= 0.6 is 0 Å². The number of nitrogens with one attached hydrogen (secondary N) is 1. The zero-order chi connectivity index (χ0) is 17.7. The van der Waals surface area contributed by atoms with Crippen LogP contribution in [0.4, 0.5) is 5.82 Å². The largest absolute Gasteiger partial charge is 0.382 e. The van der Waals surface area contributed by atoms with E-state index in [1.54, 1.807) is 24.7 Å². The molecule has 4 aliphatic rings. The molecule has 0 unspecified atom stereocenters. The minimum atomic E-state index is -0.152. The summed E-state index contributed by atoms with van der Waals surface area (Å²) in [5, 5.41) is 7.33. The quantitative estimate of drug-likeness (QED) is 0.879. The molecule has 0 atom stereocenters. The molecule has 2 aromatic rings. The average molecular weight is 352 g/mol. The summed E-state index contributed by atoms with van der Waals surface area (Å²) in [5.41, 5.74) is 6.66. The first-order valence-electron chi connectivity index (χ1n) is 9.51. The van der Waals surface area contributed by atoms with E-state index in [4.69, 9.17) is 5.73 Å². The molecule has 1 amide bonds. The summed E-state index contributed by atoms with van der Waals surface area (Å²) < 4.78 is 1.45. The van der Waals surface area contributed by atoms with Gasteiger partial charge in [-0.2, -0.15) is 0 Å². The molecule has 2 aromatic heterocycles. The summed E-state index contributed by atoms with van der Waals surface area (Å²) in [6.07, 6.45) is 12.9. The van der Waals surface area contributed by atoms with Crippen molar-refractivity contribution < 1.29 is 4.79 Å². The monoisotopic (exact) mass is 352 g/mol. The Kier molecular flexibility index (Phi) is 3.52. The van der Waals surface area contributed by atoms with Crippen LogP contribution in [0, 0.1) is 23.2 Å². The maximum absolute atomic E-state index is 12.7. The van der Waals surface area contributed by atoms with Crippen LogP contribution in [-0.2, 0) is 0 Å². The number of nitrogen functional groups attached to an aromatic ring is 1. The summed E-state index contributed by atoms with van der Waals surface area (Å²) in [6, 6.07) is 1.73. The van der Waals surface area contributed by atoms with Gasteiger partial charge in [0.2, 0.25) is 0 Å². The van der Waals surface area contributed by atoms with E-state index in [-0.39, 0.29) is 11.7 Å². The fourth-order valence-corrected chi connectivity index (χ4v) is 5.94. The zero-order valence-corrected chi connectivity index (χ0v) is 14.8. The van der Waals surface area contributed by atoms with Gasteiger partial charge in [-0.15, -0.1) is 5.10 Å². The Bertz CT molecular complexity index is 795. The lowest BCUT2D eigenvalue weighted by atomic mass is 9.49. The maximum Gasteiger partial charge on any atom is 0.256 e. The summed E-state index contributed by atoms with van der Waals surface area (Å²) in [5.74, 6) is 3.09. The molecule has 7 heteroatoms. The van der Waals surface area contributed by atoms with Gasteiger partial charge in [-0.25, -0.2) is 14.6 Å². The van der Waals surface area contributed by atoms with E-state index >= 15 is 0 Å². The topological polar surface area (TPSA) is 98.7 Å². The lowest BCUT2D eigenvalue weighted by Crippen LogP contribution is -2.51. The van der Waals surface area contributed by atoms with Gasteiger partial charge in [0.15, 0.2) is 5.82 Å². The van der Waals surface area contributed by atoms with Gasteiger partial charge < -0.3 is 11.1 Å². The second-order valence-electron chi connectivity index (χ2n) is 8.52. The fourth-order valence-electron chi connectivity index (χ4n) is 5.94. The number of carbonyl (C=O) groups excluding carboxylic acids is 1. The maximum atomic E-state index is 12.7. The highest BCUT2D eigenvalue weighted by Crippen LogP contribution is 2.59. The van der Waals surface area contributed by atoms with Crippen LogP contribution < -0.4 is 11.1 Å². The normalized spacial score (nSPS) is 31.9. The number of hydrogen-bond acceptors (Lipinski definition) is 5. The van der Waals surface area contributed by atoms with Gasteiger partial charge >= 0.3 is 0 Å². The molecule has 3 N–H and O–H groups in total. The SMILES string of the molecule is Nc1nn(-c2ncccn2)cc1C(=O)NCC12CC3CC(CC(C3)C1)C2. The Balaban J connectivity index is 1.30. The van der Waals surface area contributed by atoms with Gasteiger partial charge in [0, 0.05) is 25.1 Å². The van der Waals surface area contributed by atoms with E-state index in [1.165, 1.54) is 43.2 Å². The fraction of sp³-hybridized carbons (Fsp3) is 0.579. The molecule has 2 heterocycles. The number of rotatable bonds is 4. The van der Waals surface area contributed by atoms with Crippen molar-refractivity contribution >= 4 is 11.7 Å². The third-order valence-corrected chi connectivity index (χ3v) is 6.53. The molecule has 0 spiro atoms. The van der Waals surface area contributed by atoms with Gasteiger partial charge in [0.05, 0.1) is 0 Å². The van der Waals surface area contributed by atoms with Gasteiger partial charge in [-0.1, -0.05) is 0 Å². The second kappa shape index (κ2) is 5.79. The van der Waals surface area contributed by atoms with Crippen LogP contribution in [0.15, 0.2) is 24.7 Å². The molecule has 4 bridgehead atoms. The van der Waals surface area contributed by atoms with Crippen LogP contribution in [0.5, 0.6) is 0 Å². The molecular formula is C19H24N6O. The zero-order valence-electron chi connectivity index (χ0n) is 14.8. The number of hydrogen-bond donors (Lipinski definition) is 2. The summed E-state index contributed by atoms with van der Waals surface area (Å²) in [6.45, 7) is 0.752. The summed E-state index contributed by atoms with van der Waals surface area (Å²) in [7, 11) is 0. The first kappa shape index (κ1) is 15.8. The van der Waals surface area contributed by atoms with Crippen molar-refractivity contribution in [3.8, 4) is 5.95 Å². The average Bonchev–Trinajstić information content (AvgIpc) is 3.01. The van der Waals surface area contributed by atoms with Crippen molar-refractivity contribution in [1.29, 1.82) is 0 Å². The first-order valence-corrected chi connectivity index (χ1v) is 9.51. The molecule has 26 heavy (non-hydrogen) atoms. The minimum absolute atomic E-state index is 0.152. The van der Waals surface area contributed by atoms with E-state index < -0.39 is 0 Å². The Morgan fingerprint density at radius 1 is 1.15 bits per heavy atom. The predicted molar refractivity (Wildman–Crippen MR) is 96.5 cm³/mol. The van der Waals surface area contributed by atoms with E-state index in [2.05, 4.69) is 20.4 Å². The minimum Gasteiger partial charge on any atom is -0.382 e. The number of amides is 1. The highest BCUT2D eigenvalue weighted by molar-refractivity contribution is 5.98. The number of anilines is 1. The van der Waals surface area contributed by atoms with Crippen LogP contribution in [0.1, 0.15) is 48.9 Å². The van der Waals surface area contributed by atoms with Crippen molar-refractivity contribution in [2.75, 3.05) is 12.3 Å². The molecule has 4 aliphatic carbocycles. The molecule has 0 radical (unpaired) electrons. The highest BCUT2D eigenvalue weighted by atomic mass is 16.1. The van der Waals surface area contributed by atoms with Gasteiger partial charge in [0.25, 0.3) is 11.9 Å². The van der Waals surface area contributed by atoms with E-state index in [1.807, 2.05) is 0 Å². The van der Waals surface area contributed by atoms with Gasteiger partial charge in [0.1, 0.15) is 5.56 Å². The highest BCUT2D eigenvalue weighted by Gasteiger charge is 2.50. The number of carbonyl (C=O) groups is 1. The Morgan fingerprint density at radius 3 is 2.38 bits per heavy atom. The van der Waals surface area contributed by atoms with E-state index in [0.29, 0.717) is 16.9 Å².